The summed E-state index contributed by atoms with van der Waals surface area (Å²) in [6.07, 6.45) is 3.12. The van der Waals surface area contributed by atoms with Gasteiger partial charge in [-0.2, -0.15) is 0 Å². The molecule has 1 aliphatic carbocycles. The van der Waals surface area contributed by atoms with Crippen LogP contribution in [0.5, 0.6) is 0 Å². The van der Waals surface area contributed by atoms with Crippen molar-refractivity contribution in [1.82, 2.24) is 10.2 Å². The molecule has 98 valence electrons. The Balaban J connectivity index is 2.11. The molecule has 0 bridgehead atoms. The van der Waals surface area contributed by atoms with Gasteiger partial charge < -0.3 is 10.4 Å². The summed E-state index contributed by atoms with van der Waals surface area (Å²) >= 11 is 0. The number of carboxylic acids is 1. The second kappa shape index (κ2) is 4.44. The van der Waals surface area contributed by atoms with Crippen LogP contribution in [0.2, 0.25) is 0 Å². The average molecular weight is 252 g/mol. The number of carbonyl (C=O) groups is 3. The fourth-order valence-electron chi connectivity index (χ4n) is 2.67. The molecule has 1 saturated carbocycles. The molecule has 2 rings (SSSR count). The van der Waals surface area contributed by atoms with Crippen molar-refractivity contribution < 1.29 is 19.5 Å². The van der Waals surface area contributed by atoms with E-state index in [1.54, 1.807) is 0 Å². The highest BCUT2D eigenvalue weighted by Crippen LogP contribution is 2.36. The zero-order chi connectivity index (χ0) is 13.3. The topological polar surface area (TPSA) is 86.7 Å². The van der Waals surface area contributed by atoms with E-state index in [0.29, 0.717) is 25.7 Å². The summed E-state index contributed by atoms with van der Waals surface area (Å²) in [6, 6.07) is -0.409. The van der Waals surface area contributed by atoms with Crippen molar-refractivity contribution in [3.8, 4) is 0 Å². The van der Waals surface area contributed by atoms with E-state index in [0.717, 1.165) is 4.90 Å². The van der Waals surface area contributed by atoms with Crippen LogP contribution in [0.15, 0.2) is 12.7 Å². The van der Waals surface area contributed by atoms with Crippen LogP contribution in [0.3, 0.4) is 0 Å². The first-order valence-corrected chi connectivity index (χ1v) is 5.98. The van der Waals surface area contributed by atoms with Gasteiger partial charge in [0.05, 0.1) is 5.92 Å². The van der Waals surface area contributed by atoms with Crippen molar-refractivity contribution in [3.63, 3.8) is 0 Å². The monoisotopic (exact) mass is 252 g/mol. The minimum Gasteiger partial charge on any atom is -0.481 e. The van der Waals surface area contributed by atoms with E-state index in [1.807, 2.05) is 0 Å². The molecule has 6 nitrogen and oxygen atoms in total. The summed E-state index contributed by atoms with van der Waals surface area (Å²) < 4.78 is 0. The molecular formula is C12H16N2O4. The Morgan fingerprint density at radius 3 is 2.61 bits per heavy atom. The molecule has 0 unspecified atom stereocenters. The summed E-state index contributed by atoms with van der Waals surface area (Å²) in [6.45, 7) is 3.70. The smallest absolute Gasteiger partial charge is 0.325 e. The fourth-order valence-corrected chi connectivity index (χ4v) is 2.67. The zero-order valence-electron chi connectivity index (χ0n) is 10.0. The van der Waals surface area contributed by atoms with Gasteiger partial charge in [-0.25, -0.2) is 4.79 Å². The van der Waals surface area contributed by atoms with Crippen LogP contribution in [0.1, 0.15) is 25.7 Å². The number of aliphatic carboxylic acids is 1. The number of amides is 3. The number of carbonyl (C=O) groups excluding carboxylic acids is 2. The molecule has 3 amide bonds. The number of hydrogen-bond acceptors (Lipinski definition) is 3. The van der Waals surface area contributed by atoms with Gasteiger partial charge in [-0.05, 0) is 25.7 Å². The number of nitrogens with zero attached hydrogens (tertiary/aromatic N) is 1. The SMILES string of the molecule is C=CCN1C(=O)NC2(CCC(C(=O)O)CC2)C1=O. The molecule has 1 aliphatic heterocycles. The van der Waals surface area contributed by atoms with Crippen LogP contribution in [0, 0.1) is 5.92 Å². The summed E-state index contributed by atoms with van der Waals surface area (Å²) in [5.74, 6) is -1.49. The van der Waals surface area contributed by atoms with Gasteiger partial charge in [-0.15, -0.1) is 6.58 Å². The van der Waals surface area contributed by atoms with Crippen molar-refractivity contribution in [2.45, 2.75) is 31.2 Å². The van der Waals surface area contributed by atoms with Gasteiger partial charge in [0, 0.05) is 6.54 Å². The van der Waals surface area contributed by atoms with Gasteiger partial charge >= 0.3 is 12.0 Å². The normalized spacial score (nSPS) is 31.6. The quantitative estimate of drug-likeness (QED) is 0.573. The fraction of sp³-hybridized carbons (Fsp3) is 0.583. The second-order valence-corrected chi connectivity index (χ2v) is 4.83. The van der Waals surface area contributed by atoms with E-state index < -0.39 is 23.5 Å². The maximum atomic E-state index is 12.2. The van der Waals surface area contributed by atoms with Gasteiger partial charge in [0.1, 0.15) is 5.54 Å². The largest absolute Gasteiger partial charge is 0.481 e. The summed E-state index contributed by atoms with van der Waals surface area (Å²) in [5, 5.41) is 11.6. The Labute approximate surface area is 105 Å². The Morgan fingerprint density at radius 1 is 1.50 bits per heavy atom. The molecule has 0 aromatic heterocycles. The molecule has 1 heterocycles. The highest BCUT2D eigenvalue weighted by molar-refractivity contribution is 6.07. The Morgan fingerprint density at radius 2 is 2.11 bits per heavy atom. The average Bonchev–Trinajstić information content (AvgIpc) is 2.55. The van der Waals surface area contributed by atoms with E-state index in [4.69, 9.17) is 5.11 Å². The lowest BCUT2D eigenvalue weighted by molar-refractivity contribution is -0.145. The molecule has 0 radical (unpaired) electrons. The predicted octanol–water partition coefficient (Wildman–Crippen LogP) is 0.738. The number of urea groups is 1. The predicted molar refractivity (Wildman–Crippen MR) is 62.8 cm³/mol. The molecule has 0 aromatic rings. The Bertz CT molecular complexity index is 410. The lowest BCUT2D eigenvalue weighted by Gasteiger charge is -2.33. The van der Waals surface area contributed by atoms with Crippen LogP contribution < -0.4 is 5.32 Å². The van der Waals surface area contributed by atoms with Crippen LogP contribution in [-0.4, -0.2) is 40.0 Å². The number of carboxylic acid groups (broad SMARTS) is 1. The third-order valence-electron chi connectivity index (χ3n) is 3.75. The second-order valence-electron chi connectivity index (χ2n) is 4.83. The van der Waals surface area contributed by atoms with Gasteiger partial charge in [0.25, 0.3) is 5.91 Å². The first-order chi connectivity index (χ1) is 8.50. The lowest BCUT2D eigenvalue weighted by atomic mass is 9.76. The molecule has 2 aliphatic rings. The van der Waals surface area contributed by atoms with Gasteiger partial charge in [0.15, 0.2) is 0 Å². The van der Waals surface area contributed by atoms with Crippen molar-refractivity contribution in [3.05, 3.63) is 12.7 Å². The molecule has 18 heavy (non-hydrogen) atoms. The van der Waals surface area contributed by atoms with E-state index in [2.05, 4.69) is 11.9 Å². The van der Waals surface area contributed by atoms with Crippen molar-refractivity contribution in [2.24, 2.45) is 5.92 Å². The number of hydrogen-bond donors (Lipinski definition) is 2. The number of rotatable bonds is 3. The van der Waals surface area contributed by atoms with E-state index in [-0.39, 0.29) is 12.5 Å². The first-order valence-electron chi connectivity index (χ1n) is 5.98. The highest BCUT2D eigenvalue weighted by atomic mass is 16.4. The van der Waals surface area contributed by atoms with E-state index in [9.17, 15) is 14.4 Å². The number of nitrogens with one attached hydrogen (secondary N) is 1. The summed E-state index contributed by atoms with van der Waals surface area (Å²) in [4.78, 5) is 35.9. The summed E-state index contributed by atoms with van der Waals surface area (Å²) in [5.41, 5.74) is -0.883. The molecule has 2 fully saturated rings. The molecule has 6 heteroatoms. The van der Waals surface area contributed by atoms with Crippen LogP contribution >= 0.6 is 0 Å². The van der Waals surface area contributed by atoms with Crippen molar-refractivity contribution >= 4 is 17.9 Å². The van der Waals surface area contributed by atoms with Crippen molar-refractivity contribution in [1.29, 1.82) is 0 Å². The zero-order valence-corrected chi connectivity index (χ0v) is 10.0. The van der Waals surface area contributed by atoms with Gasteiger partial charge in [-0.3, -0.25) is 14.5 Å². The Kier molecular flexibility index (Phi) is 3.11. The maximum Gasteiger partial charge on any atom is 0.325 e. The Hall–Kier alpha value is -1.85. The maximum absolute atomic E-state index is 12.2. The third kappa shape index (κ3) is 1.87. The molecule has 2 N–H and O–H groups in total. The van der Waals surface area contributed by atoms with Crippen LogP contribution in [0.4, 0.5) is 4.79 Å². The highest BCUT2D eigenvalue weighted by Gasteiger charge is 2.52. The first kappa shape index (κ1) is 12.6. The standard InChI is InChI=1S/C12H16N2O4/c1-2-7-14-10(17)12(13-11(14)18)5-3-8(4-6-12)9(15)16/h2,8H,1,3-7H2,(H,13,18)(H,15,16). The van der Waals surface area contributed by atoms with E-state index >= 15 is 0 Å². The molecule has 1 saturated heterocycles. The van der Waals surface area contributed by atoms with Crippen LogP contribution in [-0.2, 0) is 9.59 Å². The third-order valence-corrected chi connectivity index (χ3v) is 3.75. The molecular weight excluding hydrogens is 236 g/mol. The molecule has 0 aromatic carbocycles. The minimum atomic E-state index is -0.883. The van der Waals surface area contributed by atoms with Crippen molar-refractivity contribution in [2.75, 3.05) is 6.54 Å². The number of imide groups is 1. The van der Waals surface area contributed by atoms with E-state index in [1.165, 1.54) is 6.08 Å². The van der Waals surface area contributed by atoms with Gasteiger partial charge in [0.2, 0.25) is 0 Å². The van der Waals surface area contributed by atoms with Gasteiger partial charge in [-0.1, -0.05) is 6.08 Å². The summed E-state index contributed by atoms with van der Waals surface area (Å²) in [7, 11) is 0. The van der Waals surface area contributed by atoms with Crippen LogP contribution in [0.25, 0.3) is 0 Å². The minimum absolute atomic E-state index is 0.189. The molecule has 1 spiro atoms. The molecule has 0 atom stereocenters. The lowest BCUT2D eigenvalue weighted by Crippen LogP contribution is -2.50.